The van der Waals surface area contributed by atoms with Crippen molar-refractivity contribution >= 4 is 0 Å². The van der Waals surface area contributed by atoms with Crippen molar-refractivity contribution in [2.24, 2.45) is 0 Å². The number of hydrogen-bond donors (Lipinski definition) is 1. The van der Waals surface area contributed by atoms with Gasteiger partial charge in [-0.25, -0.2) is 0 Å². The van der Waals surface area contributed by atoms with Crippen molar-refractivity contribution in [3.8, 4) is 22.8 Å². The predicted octanol–water partition coefficient (Wildman–Crippen LogP) is 2.15. The first-order chi connectivity index (χ1) is 13.6. The van der Waals surface area contributed by atoms with Gasteiger partial charge in [0.2, 0.25) is 0 Å². The largest absolute Gasteiger partial charge is 0.493 e. The molecule has 1 saturated heterocycles. The molecular weight excluding hydrogens is 360 g/mol. The average Bonchev–Trinajstić information content (AvgIpc) is 2.73. The maximum absolute atomic E-state index is 12.6. The molecule has 3 heterocycles. The van der Waals surface area contributed by atoms with E-state index in [-0.39, 0.29) is 23.7 Å². The van der Waals surface area contributed by atoms with Gasteiger partial charge in [0, 0.05) is 18.2 Å². The van der Waals surface area contributed by atoms with Crippen molar-refractivity contribution in [2.45, 2.75) is 25.1 Å². The Morgan fingerprint density at radius 3 is 2.68 bits per heavy atom. The number of benzene rings is 1. The summed E-state index contributed by atoms with van der Waals surface area (Å²) in [6.07, 6.45) is -0.00145. The van der Waals surface area contributed by atoms with Crippen LogP contribution in [0.15, 0.2) is 35.1 Å². The van der Waals surface area contributed by atoms with Crippen molar-refractivity contribution in [1.82, 2.24) is 9.88 Å². The molecule has 28 heavy (non-hydrogen) atoms. The highest BCUT2D eigenvalue weighted by atomic mass is 16.6. The Balaban J connectivity index is 1.77. The molecule has 1 fully saturated rings. The van der Waals surface area contributed by atoms with Crippen LogP contribution >= 0.6 is 0 Å². The summed E-state index contributed by atoms with van der Waals surface area (Å²) in [6, 6.07) is 9.16. The van der Waals surface area contributed by atoms with Crippen LogP contribution in [0.1, 0.15) is 24.6 Å². The van der Waals surface area contributed by atoms with Gasteiger partial charge in [0.25, 0.3) is 5.56 Å². The fraction of sp³-hybridized carbons (Fsp3) is 0.476. The molecule has 3 unspecified atom stereocenters. The summed E-state index contributed by atoms with van der Waals surface area (Å²) < 4.78 is 24.1. The Morgan fingerprint density at radius 2 is 1.96 bits per heavy atom. The highest BCUT2D eigenvalue weighted by Gasteiger charge is 2.33. The summed E-state index contributed by atoms with van der Waals surface area (Å²) in [4.78, 5) is 12.6. The molecule has 0 saturated carbocycles. The Kier molecular flexibility index (Phi) is 5.39. The van der Waals surface area contributed by atoms with E-state index in [2.05, 4.69) is 12.2 Å². The molecule has 0 amide bonds. The minimum Gasteiger partial charge on any atom is -0.493 e. The summed E-state index contributed by atoms with van der Waals surface area (Å²) in [6.45, 7) is 4.51. The molecule has 1 aromatic carbocycles. The Labute approximate surface area is 164 Å². The highest BCUT2D eigenvalue weighted by molar-refractivity contribution is 5.71. The Morgan fingerprint density at radius 1 is 1.18 bits per heavy atom. The summed E-state index contributed by atoms with van der Waals surface area (Å²) in [5.74, 6) is 1.31. The number of rotatable bonds is 5. The Bertz CT molecular complexity index is 904. The van der Waals surface area contributed by atoms with Gasteiger partial charge in [-0.05, 0) is 30.7 Å². The molecule has 7 heteroatoms. The molecule has 2 aromatic rings. The van der Waals surface area contributed by atoms with Gasteiger partial charge >= 0.3 is 0 Å². The van der Waals surface area contributed by atoms with Gasteiger partial charge in [0.15, 0.2) is 11.5 Å². The molecule has 3 atom stereocenters. The zero-order valence-electron chi connectivity index (χ0n) is 16.4. The lowest BCUT2D eigenvalue weighted by atomic mass is 9.88. The van der Waals surface area contributed by atoms with Crippen molar-refractivity contribution in [3.05, 3.63) is 46.2 Å². The second-order valence-electron chi connectivity index (χ2n) is 7.11. The van der Waals surface area contributed by atoms with Crippen molar-refractivity contribution < 1.29 is 18.9 Å². The minimum atomic E-state index is -0.0760. The van der Waals surface area contributed by atoms with E-state index in [1.54, 1.807) is 26.4 Å². The number of aromatic nitrogens is 1. The minimum absolute atomic E-state index is 0.00145. The van der Waals surface area contributed by atoms with E-state index in [1.807, 2.05) is 22.8 Å². The second-order valence-corrected chi connectivity index (χ2v) is 7.11. The molecule has 2 aliphatic rings. The summed E-state index contributed by atoms with van der Waals surface area (Å²) in [7, 11) is 3.24. The van der Waals surface area contributed by atoms with E-state index >= 15 is 0 Å². The van der Waals surface area contributed by atoms with Crippen LogP contribution in [-0.2, 0) is 9.47 Å². The molecule has 7 nitrogen and oxygen atoms in total. The van der Waals surface area contributed by atoms with Crippen molar-refractivity contribution in [2.75, 3.05) is 40.6 Å². The number of ether oxygens (including phenoxy) is 4. The number of hydrogen-bond acceptors (Lipinski definition) is 6. The summed E-state index contributed by atoms with van der Waals surface area (Å²) in [5.41, 5.74) is 2.90. The normalized spacial score (nSPS) is 23.6. The number of fused-ring (bicyclic) bond motifs is 3. The summed E-state index contributed by atoms with van der Waals surface area (Å²) >= 11 is 0. The van der Waals surface area contributed by atoms with Gasteiger partial charge in [-0.3, -0.25) is 4.79 Å². The number of nitrogens with zero attached hydrogens (tertiary/aromatic N) is 1. The topological polar surface area (TPSA) is 71.0 Å². The first-order valence-electron chi connectivity index (χ1n) is 9.54. The molecule has 150 valence electrons. The number of nitrogens with one attached hydrogen (secondary N) is 1. The Hall–Kier alpha value is -2.35. The van der Waals surface area contributed by atoms with E-state index in [4.69, 9.17) is 18.9 Å². The lowest BCUT2D eigenvalue weighted by Crippen LogP contribution is -2.43. The van der Waals surface area contributed by atoms with Gasteiger partial charge in [0.1, 0.15) is 0 Å². The first kappa shape index (κ1) is 19.0. The molecule has 0 aliphatic carbocycles. The van der Waals surface area contributed by atoms with Crippen LogP contribution in [0.5, 0.6) is 11.5 Å². The van der Waals surface area contributed by atoms with E-state index in [0.29, 0.717) is 37.9 Å². The third-order valence-electron chi connectivity index (χ3n) is 5.50. The van der Waals surface area contributed by atoms with Crippen LogP contribution in [0.3, 0.4) is 0 Å². The molecule has 2 aliphatic heterocycles. The van der Waals surface area contributed by atoms with Crippen LogP contribution in [0.2, 0.25) is 0 Å². The standard InChI is InChI=1S/C21H26N2O5/c1-13-21(22-11-14-12-27-7-8-28-14)16-10-19(26-3)18(25-2)9-15(16)17-5-4-6-20(24)23(13)17/h4-6,9-10,13-14,21-22H,7-8,11-12H2,1-3H3. The summed E-state index contributed by atoms with van der Waals surface area (Å²) in [5, 5.41) is 3.59. The first-order valence-corrected chi connectivity index (χ1v) is 9.54. The quantitative estimate of drug-likeness (QED) is 0.849. The average molecular weight is 386 g/mol. The molecule has 1 N–H and O–H groups in total. The van der Waals surface area contributed by atoms with E-state index in [1.165, 1.54) is 0 Å². The lowest BCUT2D eigenvalue weighted by Gasteiger charge is -2.37. The van der Waals surface area contributed by atoms with Crippen LogP contribution in [0.4, 0.5) is 0 Å². The van der Waals surface area contributed by atoms with Gasteiger partial charge in [-0.1, -0.05) is 6.07 Å². The zero-order valence-corrected chi connectivity index (χ0v) is 16.4. The van der Waals surface area contributed by atoms with Crippen molar-refractivity contribution in [1.29, 1.82) is 0 Å². The maximum atomic E-state index is 12.6. The fourth-order valence-corrected chi connectivity index (χ4v) is 4.12. The van der Waals surface area contributed by atoms with Crippen molar-refractivity contribution in [3.63, 3.8) is 0 Å². The zero-order chi connectivity index (χ0) is 19.7. The third kappa shape index (κ3) is 3.30. The highest BCUT2D eigenvalue weighted by Crippen LogP contribution is 2.44. The van der Waals surface area contributed by atoms with Crippen LogP contribution in [0, 0.1) is 0 Å². The van der Waals surface area contributed by atoms with E-state index in [9.17, 15) is 4.79 Å². The predicted molar refractivity (Wildman–Crippen MR) is 105 cm³/mol. The van der Waals surface area contributed by atoms with E-state index < -0.39 is 0 Å². The van der Waals surface area contributed by atoms with Crippen LogP contribution in [0.25, 0.3) is 11.3 Å². The van der Waals surface area contributed by atoms with E-state index in [0.717, 1.165) is 16.8 Å². The fourth-order valence-electron chi connectivity index (χ4n) is 4.12. The molecule has 0 spiro atoms. The van der Waals surface area contributed by atoms with Gasteiger partial charge < -0.3 is 28.8 Å². The van der Waals surface area contributed by atoms with Crippen LogP contribution in [-0.4, -0.2) is 51.3 Å². The molecule has 1 aromatic heterocycles. The number of pyridine rings is 1. The second kappa shape index (κ2) is 7.95. The molecule has 4 rings (SSSR count). The SMILES string of the molecule is COc1cc2c(cc1OC)C(NCC1COCCO1)C(C)n1c-2cccc1=O. The molecule has 0 radical (unpaired) electrons. The van der Waals surface area contributed by atoms with Gasteiger partial charge in [0.05, 0.1) is 57.9 Å². The molecule has 0 bridgehead atoms. The smallest absolute Gasteiger partial charge is 0.251 e. The number of methoxy groups -OCH3 is 2. The monoisotopic (exact) mass is 386 g/mol. The maximum Gasteiger partial charge on any atom is 0.251 e. The molecular formula is C21H26N2O5. The lowest BCUT2D eigenvalue weighted by molar-refractivity contribution is -0.0874. The van der Waals surface area contributed by atoms with Gasteiger partial charge in [-0.2, -0.15) is 0 Å². The van der Waals surface area contributed by atoms with Gasteiger partial charge in [-0.15, -0.1) is 0 Å². The third-order valence-corrected chi connectivity index (χ3v) is 5.50. The van der Waals surface area contributed by atoms with Crippen LogP contribution < -0.4 is 20.3 Å².